The Balaban J connectivity index is 2.17. The van der Waals surface area contributed by atoms with Crippen molar-refractivity contribution >= 4 is 16.0 Å². The molecule has 1 heterocycles. The van der Waals surface area contributed by atoms with Crippen LogP contribution in [0.15, 0.2) is 41.4 Å². The second-order valence-corrected chi connectivity index (χ2v) is 5.91. The highest BCUT2D eigenvalue weighted by Crippen LogP contribution is 2.12. The Morgan fingerprint density at radius 3 is 2.75 bits per heavy atom. The molecule has 0 aliphatic rings. The molecule has 0 aliphatic carbocycles. The molecule has 2 rings (SSSR count). The number of sulfonamides is 1. The van der Waals surface area contributed by atoms with E-state index in [0.29, 0.717) is 5.69 Å². The van der Waals surface area contributed by atoms with Crippen molar-refractivity contribution in [2.75, 3.05) is 0 Å². The zero-order valence-corrected chi connectivity index (χ0v) is 11.5. The summed E-state index contributed by atoms with van der Waals surface area (Å²) in [5.41, 5.74) is 0.496. The SMILES string of the molecule is Cn1ccc(CNS(=O)(=O)c2cccc(C(=O)O)c2)n1. The molecule has 0 aliphatic heterocycles. The van der Waals surface area contributed by atoms with Crippen LogP contribution in [0.5, 0.6) is 0 Å². The van der Waals surface area contributed by atoms with E-state index >= 15 is 0 Å². The Kier molecular flexibility index (Phi) is 3.86. The van der Waals surface area contributed by atoms with E-state index in [1.165, 1.54) is 18.2 Å². The molecule has 0 bridgehead atoms. The van der Waals surface area contributed by atoms with Gasteiger partial charge in [-0.25, -0.2) is 17.9 Å². The second-order valence-electron chi connectivity index (χ2n) is 4.14. The quantitative estimate of drug-likeness (QED) is 0.841. The number of hydrogen-bond donors (Lipinski definition) is 2. The third-order valence-electron chi connectivity index (χ3n) is 2.60. The highest BCUT2D eigenvalue weighted by atomic mass is 32.2. The molecule has 1 aromatic heterocycles. The molecule has 0 unspecified atom stereocenters. The van der Waals surface area contributed by atoms with Crippen LogP contribution in [0.3, 0.4) is 0 Å². The lowest BCUT2D eigenvalue weighted by atomic mass is 10.2. The predicted octanol–water partition coefficient (Wildman–Crippen LogP) is 0.597. The average Bonchev–Trinajstić information content (AvgIpc) is 2.82. The molecule has 0 spiro atoms. The standard InChI is InChI=1S/C12H13N3O4S/c1-15-6-5-10(14-15)8-13-20(18,19)11-4-2-3-9(7-11)12(16)17/h2-7,13H,8H2,1H3,(H,16,17). The summed E-state index contributed by atoms with van der Waals surface area (Å²) in [7, 11) is -2.04. The van der Waals surface area contributed by atoms with E-state index in [2.05, 4.69) is 9.82 Å². The van der Waals surface area contributed by atoms with E-state index in [4.69, 9.17) is 5.11 Å². The molecule has 20 heavy (non-hydrogen) atoms. The molecular weight excluding hydrogens is 282 g/mol. The third-order valence-corrected chi connectivity index (χ3v) is 4.00. The van der Waals surface area contributed by atoms with Crippen LogP contribution in [0, 0.1) is 0 Å². The molecule has 0 radical (unpaired) electrons. The number of nitrogens with one attached hydrogen (secondary N) is 1. The molecule has 106 valence electrons. The van der Waals surface area contributed by atoms with Gasteiger partial charge in [-0.1, -0.05) is 6.07 Å². The van der Waals surface area contributed by atoms with E-state index < -0.39 is 16.0 Å². The van der Waals surface area contributed by atoms with Crippen molar-refractivity contribution in [3.63, 3.8) is 0 Å². The molecule has 0 amide bonds. The lowest BCUT2D eigenvalue weighted by molar-refractivity contribution is 0.0696. The van der Waals surface area contributed by atoms with Crippen molar-refractivity contribution in [1.29, 1.82) is 0 Å². The van der Waals surface area contributed by atoms with E-state index in [9.17, 15) is 13.2 Å². The Bertz CT molecular complexity index is 737. The monoisotopic (exact) mass is 295 g/mol. The lowest BCUT2D eigenvalue weighted by Crippen LogP contribution is -2.23. The van der Waals surface area contributed by atoms with Gasteiger partial charge in [0, 0.05) is 13.2 Å². The van der Waals surface area contributed by atoms with Crippen LogP contribution < -0.4 is 4.72 Å². The summed E-state index contributed by atoms with van der Waals surface area (Å²) in [6.07, 6.45) is 1.70. The van der Waals surface area contributed by atoms with E-state index in [1.54, 1.807) is 24.0 Å². The number of carboxylic acids is 1. The first-order chi connectivity index (χ1) is 9.38. The van der Waals surface area contributed by atoms with Gasteiger partial charge in [-0.2, -0.15) is 5.10 Å². The first-order valence-electron chi connectivity index (χ1n) is 5.70. The fourth-order valence-corrected chi connectivity index (χ4v) is 2.65. The molecule has 0 saturated heterocycles. The minimum atomic E-state index is -3.77. The van der Waals surface area contributed by atoms with E-state index in [-0.39, 0.29) is 17.0 Å². The summed E-state index contributed by atoms with van der Waals surface area (Å²) in [6, 6.07) is 6.87. The van der Waals surface area contributed by atoms with Gasteiger partial charge in [-0.15, -0.1) is 0 Å². The molecule has 1 aromatic carbocycles. The maximum Gasteiger partial charge on any atom is 0.335 e. The first-order valence-corrected chi connectivity index (χ1v) is 7.18. The Morgan fingerprint density at radius 2 is 2.15 bits per heavy atom. The van der Waals surface area contributed by atoms with Crippen molar-refractivity contribution in [2.45, 2.75) is 11.4 Å². The van der Waals surface area contributed by atoms with Gasteiger partial charge >= 0.3 is 5.97 Å². The fraction of sp³-hybridized carbons (Fsp3) is 0.167. The van der Waals surface area contributed by atoms with E-state index in [1.807, 2.05) is 0 Å². The average molecular weight is 295 g/mol. The molecule has 8 heteroatoms. The maximum absolute atomic E-state index is 12.0. The number of aromatic nitrogens is 2. The Hall–Kier alpha value is -2.19. The lowest BCUT2D eigenvalue weighted by Gasteiger charge is -2.06. The summed E-state index contributed by atoms with van der Waals surface area (Å²) in [4.78, 5) is 10.7. The van der Waals surface area contributed by atoms with Gasteiger partial charge < -0.3 is 5.11 Å². The van der Waals surface area contributed by atoms with Gasteiger partial charge in [0.05, 0.1) is 22.7 Å². The minimum absolute atomic E-state index is 0.0421. The second kappa shape index (κ2) is 5.43. The molecule has 7 nitrogen and oxygen atoms in total. The van der Waals surface area contributed by atoms with Crippen LogP contribution in [-0.2, 0) is 23.6 Å². The normalized spacial score (nSPS) is 11.4. The zero-order chi connectivity index (χ0) is 14.8. The number of aromatic carboxylic acids is 1. The van der Waals surface area contributed by atoms with Gasteiger partial charge in [-0.05, 0) is 24.3 Å². The topological polar surface area (TPSA) is 101 Å². The van der Waals surface area contributed by atoms with Gasteiger partial charge in [0.1, 0.15) is 0 Å². The summed E-state index contributed by atoms with van der Waals surface area (Å²) >= 11 is 0. The van der Waals surface area contributed by atoms with Crippen LogP contribution in [0.2, 0.25) is 0 Å². The smallest absolute Gasteiger partial charge is 0.335 e. The fourth-order valence-electron chi connectivity index (χ4n) is 1.61. The van der Waals surface area contributed by atoms with Crippen LogP contribution in [0.4, 0.5) is 0 Å². The molecule has 0 fully saturated rings. The van der Waals surface area contributed by atoms with Crippen molar-refractivity contribution in [3.8, 4) is 0 Å². The van der Waals surface area contributed by atoms with Crippen molar-refractivity contribution < 1.29 is 18.3 Å². The predicted molar refractivity (Wildman–Crippen MR) is 70.6 cm³/mol. The number of aryl methyl sites for hydroxylation is 1. The number of rotatable bonds is 5. The molecule has 2 aromatic rings. The Labute approximate surface area is 115 Å². The van der Waals surface area contributed by atoms with Crippen molar-refractivity contribution in [1.82, 2.24) is 14.5 Å². The number of hydrogen-bond acceptors (Lipinski definition) is 4. The van der Waals surface area contributed by atoms with E-state index in [0.717, 1.165) is 6.07 Å². The van der Waals surface area contributed by atoms with Crippen LogP contribution in [0.25, 0.3) is 0 Å². The van der Waals surface area contributed by atoms with Gasteiger partial charge in [0.25, 0.3) is 0 Å². The first kappa shape index (κ1) is 14.2. The highest BCUT2D eigenvalue weighted by molar-refractivity contribution is 7.89. The number of carboxylic acid groups (broad SMARTS) is 1. The van der Waals surface area contributed by atoms with Crippen LogP contribution in [0.1, 0.15) is 16.1 Å². The Morgan fingerprint density at radius 1 is 1.40 bits per heavy atom. The molecule has 0 saturated carbocycles. The molecular formula is C12H13N3O4S. The summed E-state index contributed by atoms with van der Waals surface area (Å²) in [5.74, 6) is -1.17. The summed E-state index contributed by atoms with van der Waals surface area (Å²) < 4.78 is 28.0. The van der Waals surface area contributed by atoms with Crippen molar-refractivity contribution in [3.05, 3.63) is 47.8 Å². The molecule has 2 N–H and O–H groups in total. The number of benzene rings is 1. The van der Waals surface area contributed by atoms with Gasteiger partial charge in [-0.3, -0.25) is 4.68 Å². The largest absolute Gasteiger partial charge is 0.478 e. The van der Waals surface area contributed by atoms with Crippen molar-refractivity contribution in [2.24, 2.45) is 7.05 Å². The third kappa shape index (κ3) is 3.22. The maximum atomic E-state index is 12.0. The summed E-state index contributed by atoms with van der Waals surface area (Å²) in [6.45, 7) is 0.0421. The minimum Gasteiger partial charge on any atom is -0.478 e. The summed E-state index contributed by atoms with van der Waals surface area (Å²) in [5, 5.41) is 12.9. The molecule has 0 atom stereocenters. The highest BCUT2D eigenvalue weighted by Gasteiger charge is 2.16. The zero-order valence-electron chi connectivity index (χ0n) is 10.6. The number of carbonyl (C=O) groups is 1. The van der Waals surface area contributed by atoms with Gasteiger partial charge in [0.15, 0.2) is 0 Å². The van der Waals surface area contributed by atoms with Crippen LogP contribution in [-0.4, -0.2) is 29.3 Å². The number of nitrogens with zero attached hydrogens (tertiary/aromatic N) is 2. The van der Waals surface area contributed by atoms with Crippen LogP contribution >= 0.6 is 0 Å². The van der Waals surface area contributed by atoms with Gasteiger partial charge in [0.2, 0.25) is 10.0 Å².